The Morgan fingerprint density at radius 2 is 1.66 bits per heavy atom. The summed E-state index contributed by atoms with van der Waals surface area (Å²) in [6.45, 7) is 3.01. The van der Waals surface area contributed by atoms with Gasteiger partial charge < -0.3 is 20.1 Å². The number of hydrogen-bond acceptors (Lipinski definition) is 9. The first-order chi connectivity index (χ1) is 27.0. The lowest BCUT2D eigenvalue weighted by atomic mass is 9.89. The number of imide groups is 2. The molecule has 0 saturated carbocycles. The van der Waals surface area contributed by atoms with E-state index in [0.717, 1.165) is 51.2 Å². The third-order valence-electron chi connectivity index (χ3n) is 11.0. The SMILES string of the molecule is Cc1cc(-c2c[nH]c3ncc(-c4ccc(C5CCN(C(=O)CNc6cccc7c6C(=O)N(C6CCC(=O)NC6=O)C7=O)CC5)cc4)nc23)ccc1C(=O)N(C)C. The first kappa shape index (κ1) is 36.3. The molecule has 2 saturated heterocycles. The average molecular weight is 753 g/mol. The summed E-state index contributed by atoms with van der Waals surface area (Å²) in [5.41, 5.74) is 8.30. The maximum Gasteiger partial charge on any atom is 0.264 e. The minimum Gasteiger partial charge on any atom is -0.375 e. The van der Waals surface area contributed by atoms with Gasteiger partial charge in [0, 0.05) is 62.2 Å². The number of carbonyl (C=O) groups is 6. The number of piperidine rings is 2. The first-order valence-corrected chi connectivity index (χ1v) is 18.6. The van der Waals surface area contributed by atoms with Crippen LogP contribution in [0.1, 0.15) is 73.8 Å². The zero-order valence-electron chi connectivity index (χ0n) is 31.2. The molecule has 14 nitrogen and oxygen atoms in total. The summed E-state index contributed by atoms with van der Waals surface area (Å²) in [6.07, 6.45) is 5.33. The van der Waals surface area contributed by atoms with E-state index >= 15 is 0 Å². The van der Waals surface area contributed by atoms with Gasteiger partial charge in [0.1, 0.15) is 11.6 Å². The second-order valence-corrected chi connectivity index (χ2v) is 14.7. The molecule has 5 aromatic rings. The van der Waals surface area contributed by atoms with Crippen LogP contribution in [-0.2, 0) is 14.4 Å². The number of nitrogens with one attached hydrogen (secondary N) is 3. The van der Waals surface area contributed by atoms with Gasteiger partial charge in [-0.15, -0.1) is 0 Å². The van der Waals surface area contributed by atoms with Gasteiger partial charge in [0.05, 0.1) is 29.6 Å². The fourth-order valence-corrected chi connectivity index (χ4v) is 7.90. The molecule has 284 valence electrons. The normalized spacial score (nSPS) is 17.3. The summed E-state index contributed by atoms with van der Waals surface area (Å²) in [6, 6.07) is 17.8. The molecule has 0 radical (unpaired) electrons. The van der Waals surface area contributed by atoms with Crippen LogP contribution >= 0.6 is 0 Å². The van der Waals surface area contributed by atoms with Gasteiger partial charge >= 0.3 is 0 Å². The summed E-state index contributed by atoms with van der Waals surface area (Å²) < 4.78 is 0. The molecule has 1 atom stereocenters. The number of aryl methyl sites for hydroxylation is 1. The minimum atomic E-state index is -1.06. The number of carbonyl (C=O) groups excluding carboxylic acids is 6. The number of likely N-dealkylation sites (tertiary alicyclic amines) is 1. The van der Waals surface area contributed by atoms with Crippen molar-refractivity contribution >= 4 is 52.3 Å². The van der Waals surface area contributed by atoms with E-state index in [1.165, 1.54) is 11.6 Å². The van der Waals surface area contributed by atoms with E-state index in [9.17, 15) is 28.8 Å². The fourth-order valence-electron chi connectivity index (χ4n) is 7.90. The highest BCUT2D eigenvalue weighted by molar-refractivity contribution is 6.25. The fraction of sp³-hybridized carbons (Fsp3) is 0.286. The topological polar surface area (TPSA) is 178 Å². The number of aromatic amines is 1. The summed E-state index contributed by atoms with van der Waals surface area (Å²) >= 11 is 0. The maximum absolute atomic E-state index is 13.4. The van der Waals surface area contributed by atoms with Crippen LogP contribution in [0.25, 0.3) is 33.5 Å². The molecule has 56 heavy (non-hydrogen) atoms. The van der Waals surface area contributed by atoms with E-state index in [0.29, 0.717) is 30.0 Å². The van der Waals surface area contributed by atoms with Crippen LogP contribution in [0, 0.1) is 6.92 Å². The predicted molar refractivity (Wildman–Crippen MR) is 208 cm³/mol. The summed E-state index contributed by atoms with van der Waals surface area (Å²) in [5, 5.41) is 5.26. The summed E-state index contributed by atoms with van der Waals surface area (Å²) in [7, 11) is 3.48. The Morgan fingerprint density at radius 3 is 2.38 bits per heavy atom. The van der Waals surface area contributed by atoms with Crippen molar-refractivity contribution in [2.75, 3.05) is 39.0 Å². The van der Waals surface area contributed by atoms with Crippen molar-refractivity contribution in [2.45, 2.75) is 44.6 Å². The number of benzene rings is 3. The Balaban J connectivity index is 0.888. The standard InChI is InChI=1S/C42H40N8O6/c1-23-19-27(11-12-28(23)40(54)48(2)3)30-20-44-38-37(30)46-32(21-45-38)26-9-7-24(8-10-26)25-15-17-49(18-16-25)35(52)22-43-31-6-4-5-29-36(31)42(56)50(41(29)55)33-13-14-34(51)47-39(33)53/h4-12,19-21,25,33,43H,13-18,22H2,1-3H3,(H,44,45)(H,47,51,53). The molecule has 1 unspecified atom stereocenters. The van der Waals surface area contributed by atoms with Gasteiger partial charge in [-0.2, -0.15) is 0 Å². The van der Waals surface area contributed by atoms with E-state index < -0.39 is 29.7 Å². The van der Waals surface area contributed by atoms with E-state index in [1.54, 1.807) is 42.2 Å². The van der Waals surface area contributed by atoms with Crippen LogP contribution in [0.2, 0.25) is 0 Å². The highest BCUT2D eigenvalue weighted by Gasteiger charge is 2.45. The number of fused-ring (bicyclic) bond motifs is 2. The van der Waals surface area contributed by atoms with Crippen LogP contribution in [0.4, 0.5) is 5.69 Å². The maximum atomic E-state index is 13.4. The minimum absolute atomic E-state index is 0.0350. The second kappa shape index (κ2) is 14.5. The Bertz CT molecular complexity index is 2450. The number of hydrogen-bond donors (Lipinski definition) is 3. The van der Waals surface area contributed by atoms with Gasteiger partial charge in [-0.05, 0) is 67.0 Å². The molecule has 0 bridgehead atoms. The smallest absolute Gasteiger partial charge is 0.264 e. The molecular formula is C42H40N8O6. The van der Waals surface area contributed by atoms with E-state index in [2.05, 4.69) is 44.9 Å². The van der Waals surface area contributed by atoms with E-state index in [4.69, 9.17) is 4.98 Å². The number of aromatic nitrogens is 3. The summed E-state index contributed by atoms with van der Waals surface area (Å²) in [4.78, 5) is 93.7. The van der Waals surface area contributed by atoms with Crippen molar-refractivity contribution in [3.05, 3.63) is 101 Å². The lowest BCUT2D eigenvalue weighted by Crippen LogP contribution is -2.54. The Kier molecular flexibility index (Phi) is 9.40. The van der Waals surface area contributed by atoms with Gasteiger partial charge in [0.2, 0.25) is 17.7 Å². The largest absolute Gasteiger partial charge is 0.375 e. The van der Waals surface area contributed by atoms with Gasteiger partial charge in [-0.3, -0.25) is 39.0 Å². The summed E-state index contributed by atoms with van der Waals surface area (Å²) in [5.74, 6) is -2.22. The molecule has 0 spiro atoms. The number of anilines is 1. The van der Waals surface area contributed by atoms with Crippen molar-refractivity contribution in [3.8, 4) is 22.4 Å². The van der Waals surface area contributed by atoms with Crippen molar-refractivity contribution in [1.29, 1.82) is 0 Å². The van der Waals surface area contributed by atoms with Gasteiger partial charge in [0.15, 0.2) is 5.65 Å². The van der Waals surface area contributed by atoms with Gasteiger partial charge in [0.25, 0.3) is 17.7 Å². The molecule has 8 rings (SSSR count). The van der Waals surface area contributed by atoms with E-state index in [-0.39, 0.29) is 48.2 Å². The number of nitrogens with zero attached hydrogens (tertiary/aromatic N) is 5. The van der Waals surface area contributed by atoms with E-state index in [1.807, 2.05) is 31.3 Å². The lowest BCUT2D eigenvalue weighted by molar-refractivity contribution is -0.136. The van der Waals surface area contributed by atoms with Crippen LogP contribution in [0.15, 0.2) is 73.1 Å². The van der Waals surface area contributed by atoms with Gasteiger partial charge in [-0.1, -0.05) is 42.5 Å². The third-order valence-corrected chi connectivity index (χ3v) is 11.0. The number of amides is 6. The quantitative estimate of drug-likeness (QED) is 0.192. The molecule has 3 aliphatic rings. The Hall–Kier alpha value is -6.70. The molecule has 2 fully saturated rings. The number of rotatable bonds is 8. The molecule has 2 aromatic heterocycles. The molecule has 14 heteroatoms. The van der Waals surface area contributed by atoms with Crippen LogP contribution in [0.5, 0.6) is 0 Å². The lowest BCUT2D eigenvalue weighted by Gasteiger charge is -2.32. The molecule has 3 N–H and O–H groups in total. The zero-order chi connectivity index (χ0) is 39.2. The number of H-pyrrole nitrogens is 1. The third kappa shape index (κ3) is 6.56. The average Bonchev–Trinajstić information content (AvgIpc) is 3.74. The Morgan fingerprint density at radius 1 is 0.911 bits per heavy atom. The predicted octanol–water partition coefficient (Wildman–Crippen LogP) is 4.52. The van der Waals surface area contributed by atoms with Crippen molar-refractivity contribution in [1.82, 2.24) is 35.0 Å². The van der Waals surface area contributed by atoms with Crippen LogP contribution in [-0.4, -0.2) is 105 Å². The van der Waals surface area contributed by atoms with Crippen LogP contribution in [0.3, 0.4) is 0 Å². The highest BCUT2D eigenvalue weighted by atomic mass is 16.2. The Labute approximate surface area is 322 Å². The highest BCUT2D eigenvalue weighted by Crippen LogP contribution is 2.34. The van der Waals surface area contributed by atoms with Crippen molar-refractivity contribution in [2.24, 2.45) is 0 Å². The molecule has 6 amide bonds. The zero-order valence-corrected chi connectivity index (χ0v) is 31.2. The molecule has 0 aliphatic carbocycles. The first-order valence-electron chi connectivity index (χ1n) is 18.6. The molecule has 3 aliphatic heterocycles. The molecule has 3 aromatic carbocycles. The van der Waals surface area contributed by atoms with Crippen LogP contribution < -0.4 is 10.6 Å². The second-order valence-electron chi connectivity index (χ2n) is 14.7. The molecular weight excluding hydrogens is 713 g/mol. The van der Waals surface area contributed by atoms with Crippen molar-refractivity contribution < 1.29 is 28.8 Å². The molecule has 5 heterocycles. The monoisotopic (exact) mass is 752 g/mol. The van der Waals surface area contributed by atoms with Crippen molar-refractivity contribution in [3.63, 3.8) is 0 Å². The van der Waals surface area contributed by atoms with Gasteiger partial charge in [-0.25, -0.2) is 9.97 Å².